The van der Waals surface area contributed by atoms with E-state index in [1.807, 2.05) is 0 Å². The lowest BCUT2D eigenvalue weighted by atomic mass is 10.1. The van der Waals surface area contributed by atoms with E-state index in [1.165, 1.54) is 12.1 Å². The zero-order valence-corrected chi connectivity index (χ0v) is 10.2. The molecule has 104 valence electrons. The Kier molecular flexibility index (Phi) is 5.94. The van der Waals surface area contributed by atoms with Crippen molar-refractivity contribution in [2.45, 2.75) is 19.4 Å². The monoisotopic (exact) mass is 269 g/mol. The Bertz CT molecular complexity index is 430. The summed E-state index contributed by atoms with van der Waals surface area (Å²) in [6.07, 6.45) is 0.269. The van der Waals surface area contributed by atoms with Crippen LogP contribution in [-0.2, 0) is 16.2 Å². The normalized spacial score (nSPS) is 10.6. The third-order valence-corrected chi connectivity index (χ3v) is 2.29. The van der Waals surface area contributed by atoms with Crippen molar-refractivity contribution in [3.8, 4) is 0 Å². The molecule has 0 fully saturated rings. The molecule has 0 heterocycles. The Morgan fingerprint density at radius 1 is 1.16 bits per heavy atom. The number of rotatable bonds is 8. The fourth-order valence-corrected chi connectivity index (χ4v) is 1.35. The van der Waals surface area contributed by atoms with Crippen molar-refractivity contribution in [1.82, 2.24) is 5.23 Å². The molecule has 0 aliphatic heterocycles. The number of aromatic carboxylic acids is 1. The zero-order valence-electron chi connectivity index (χ0n) is 10.2. The van der Waals surface area contributed by atoms with E-state index in [4.69, 9.17) is 15.1 Å². The van der Waals surface area contributed by atoms with Gasteiger partial charge in [0.15, 0.2) is 0 Å². The van der Waals surface area contributed by atoms with Crippen molar-refractivity contribution in [2.24, 2.45) is 0 Å². The lowest BCUT2D eigenvalue weighted by molar-refractivity contribution is -0.347. The molecule has 0 spiro atoms. The number of hydrogen-bond acceptors (Lipinski definition) is 5. The fraction of sp³-hybridized carbons (Fsp3) is 0.333. The van der Waals surface area contributed by atoms with E-state index in [0.717, 1.165) is 0 Å². The van der Waals surface area contributed by atoms with Crippen LogP contribution in [0.25, 0.3) is 0 Å². The number of hydroxylamine groups is 2. The lowest BCUT2D eigenvalue weighted by Gasteiger charge is -2.14. The van der Waals surface area contributed by atoms with Crippen LogP contribution in [0.4, 0.5) is 0 Å². The van der Waals surface area contributed by atoms with E-state index in [2.05, 4.69) is 0 Å². The number of hydrogen-bond donors (Lipinski definition) is 3. The molecule has 0 aliphatic rings. The van der Waals surface area contributed by atoms with E-state index >= 15 is 0 Å². The van der Waals surface area contributed by atoms with Crippen LogP contribution in [0.2, 0.25) is 0 Å². The highest BCUT2D eigenvalue weighted by atomic mass is 16.9. The Morgan fingerprint density at radius 2 is 1.79 bits per heavy atom. The topological polar surface area (TPSA) is 107 Å². The summed E-state index contributed by atoms with van der Waals surface area (Å²) in [6.45, 7) is 0.156. The number of aliphatic carboxylic acids is 1. The molecule has 0 bridgehead atoms. The van der Waals surface area contributed by atoms with Crippen LogP contribution in [-0.4, -0.2) is 39.2 Å². The van der Waals surface area contributed by atoms with Crippen LogP contribution in [0.1, 0.15) is 28.8 Å². The average molecular weight is 269 g/mol. The molecule has 0 radical (unpaired) electrons. The van der Waals surface area contributed by atoms with Gasteiger partial charge >= 0.3 is 11.9 Å². The minimum atomic E-state index is -1.02. The lowest BCUT2D eigenvalue weighted by Crippen LogP contribution is -2.20. The molecule has 0 aromatic heterocycles. The van der Waals surface area contributed by atoms with Crippen LogP contribution in [0.15, 0.2) is 24.3 Å². The Hall–Kier alpha value is -1.96. The molecule has 1 aromatic rings. The number of benzene rings is 1. The van der Waals surface area contributed by atoms with E-state index in [-0.39, 0.29) is 25.1 Å². The van der Waals surface area contributed by atoms with Crippen molar-refractivity contribution in [2.75, 3.05) is 6.61 Å². The molecule has 7 heteroatoms. The Labute approximate surface area is 109 Å². The van der Waals surface area contributed by atoms with Gasteiger partial charge in [0.1, 0.15) is 0 Å². The number of carboxylic acid groups (broad SMARTS) is 2. The van der Waals surface area contributed by atoms with Crippen molar-refractivity contribution in [3.63, 3.8) is 0 Å². The predicted molar refractivity (Wildman–Crippen MR) is 63.6 cm³/mol. The molecule has 0 unspecified atom stereocenters. The highest BCUT2D eigenvalue weighted by Gasteiger charge is 2.06. The van der Waals surface area contributed by atoms with Gasteiger partial charge in [-0.2, -0.15) is 0 Å². The second-order valence-corrected chi connectivity index (χ2v) is 3.84. The molecule has 0 saturated heterocycles. The van der Waals surface area contributed by atoms with Crippen molar-refractivity contribution >= 4 is 11.9 Å². The van der Waals surface area contributed by atoms with Crippen LogP contribution < -0.4 is 0 Å². The number of nitrogens with zero attached hydrogens (tertiary/aromatic N) is 1. The van der Waals surface area contributed by atoms with Crippen molar-refractivity contribution in [3.05, 3.63) is 35.4 Å². The molecule has 1 aromatic carbocycles. The second-order valence-electron chi connectivity index (χ2n) is 3.84. The zero-order chi connectivity index (χ0) is 14.3. The van der Waals surface area contributed by atoms with Gasteiger partial charge in [-0.15, -0.1) is 0 Å². The molecule has 1 rings (SSSR count). The summed E-state index contributed by atoms with van der Waals surface area (Å²) in [6, 6.07) is 5.98. The molecular weight excluding hydrogens is 254 g/mol. The van der Waals surface area contributed by atoms with Gasteiger partial charge in [0.2, 0.25) is 0 Å². The van der Waals surface area contributed by atoms with Crippen LogP contribution >= 0.6 is 0 Å². The Morgan fingerprint density at radius 3 is 2.32 bits per heavy atom. The van der Waals surface area contributed by atoms with Gasteiger partial charge < -0.3 is 10.2 Å². The minimum absolute atomic E-state index is 0.0266. The molecule has 19 heavy (non-hydrogen) atoms. The average Bonchev–Trinajstić information content (AvgIpc) is 2.35. The third kappa shape index (κ3) is 5.96. The summed E-state index contributed by atoms with van der Waals surface area (Å²) in [7, 11) is 0. The summed E-state index contributed by atoms with van der Waals surface area (Å²) in [5.41, 5.74) is 0.835. The highest BCUT2D eigenvalue weighted by molar-refractivity contribution is 5.87. The molecule has 3 N–H and O–H groups in total. The first-order valence-corrected chi connectivity index (χ1v) is 5.62. The fourth-order valence-electron chi connectivity index (χ4n) is 1.35. The third-order valence-electron chi connectivity index (χ3n) is 2.29. The van der Waals surface area contributed by atoms with Gasteiger partial charge in [0.05, 0.1) is 18.7 Å². The maximum absolute atomic E-state index is 10.6. The minimum Gasteiger partial charge on any atom is -0.481 e. The van der Waals surface area contributed by atoms with Crippen molar-refractivity contribution in [1.29, 1.82) is 0 Å². The van der Waals surface area contributed by atoms with Crippen LogP contribution in [0.5, 0.6) is 0 Å². The Balaban J connectivity index is 2.33. The molecule has 0 amide bonds. The van der Waals surface area contributed by atoms with Gasteiger partial charge in [-0.05, 0) is 24.1 Å². The molecule has 0 aliphatic carbocycles. The SMILES string of the molecule is O=C(O)CCCON(O)Cc1ccc(C(=O)O)cc1. The second kappa shape index (κ2) is 7.47. The van der Waals surface area contributed by atoms with E-state index in [0.29, 0.717) is 17.2 Å². The smallest absolute Gasteiger partial charge is 0.335 e. The maximum Gasteiger partial charge on any atom is 0.335 e. The number of carbonyl (C=O) groups is 2. The van der Waals surface area contributed by atoms with Gasteiger partial charge in [-0.3, -0.25) is 14.8 Å². The van der Waals surface area contributed by atoms with Crippen LogP contribution in [0, 0.1) is 0 Å². The van der Waals surface area contributed by atoms with Gasteiger partial charge in [-0.25, -0.2) is 4.79 Å². The molecule has 7 nitrogen and oxygen atoms in total. The largest absolute Gasteiger partial charge is 0.481 e. The first-order valence-electron chi connectivity index (χ1n) is 5.62. The highest BCUT2D eigenvalue weighted by Crippen LogP contribution is 2.07. The van der Waals surface area contributed by atoms with E-state index in [9.17, 15) is 14.8 Å². The molecular formula is C12H15NO6. The predicted octanol–water partition coefficient (Wildman–Crippen LogP) is 1.37. The summed E-state index contributed by atoms with van der Waals surface area (Å²) >= 11 is 0. The summed E-state index contributed by atoms with van der Waals surface area (Å²) < 4.78 is 0. The van der Waals surface area contributed by atoms with E-state index < -0.39 is 11.9 Å². The first-order chi connectivity index (χ1) is 8.99. The maximum atomic E-state index is 10.6. The van der Waals surface area contributed by atoms with Crippen molar-refractivity contribution < 1.29 is 29.8 Å². The quantitative estimate of drug-likeness (QED) is 0.483. The summed E-state index contributed by atoms with van der Waals surface area (Å²) in [5.74, 6) is -1.94. The van der Waals surface area contributed by atoms with Crippen LogP contribution in [0.3, 0.4) is 0 Å². The first kappa shape index (κ1) is 15.1. The molecule has 0 saturated carbocycles. The molecule has 0 atom stereocenters. The van der Waals surface area contributed by atoms with Gasteiger partial charge in [0.25, 0.3) is 0 Å². The van der Waals surface area contributed by atoms with E-state index in [1.54, 1.807) is 12.1 Å². The standard InChI is InChI=1S/C12H15NO6/c14-11(15)2-1-7-19-13(18)8-9-3-5-10(6-4-9)12(16)17/h3-6,18H,1-2,7-8H2,(H,14,15)(H,16,17). The summed E-state index contributed by atoms with van der Waals surface area (Å²) in [4.78, 5) is 25.8. The number of carboxylic acids is 2. The summed E-state index contributed by atoms with van der Waals surface area (Å²) in [5, 5.41) is 27.1. The van der Waals surface area contributed by atoms with Gasteiger partial charge in [-0.1, -0.05) is 17.4 Å². The van der Waals surface area contributed by atoms with Gasteiger partial charge in [0, 0.05) is 6.42 Å².